The van der Waals surface area contributed by atoms with Crippen LogP contribution in [0.1, 0.15) is 78.6 Å². The zero-order valence-corrected chi connectivity index (χ0v) is 16.6. The van der Waals surface area contributed by atoms with E-state index in [1.807, 2.05) is 0 Å². The number of hydrogen-bond acceptors (Lipinski definition) is 4. The van der Waals surface area contributed by atoms with Crippen LogP contribution in [0.3, 0.4) is 0 Å². The minimum absolute atomic E-state index is 0.146. The maximum Gasteiger partial charge on any atom is 0.302 e. The van der Waals surface area contributed by atoms with Gasteiger partial charge in [-0.3, -0.25) is 4.79 Å². The molecule has 0 aromatic heterocycles. The summed E-state index contributed by atoms with van der Waals surface area (Å²) in [6.07, 6.45) is 10.8. The van der Waals surface area contributed by atoms with E-state index in [1.54, 1.807) is 0 Å². The fourth-order valence-electron chi connectivity index (χ4n) is 8.21. The monoisotopic (exact) mass is 362 g/mol. The summed E-state index contributed by atoms with van der Waals surface area (Å²) >= 11 is 0. The third-order valence-electron chi connectivity index (χ3n) is 9.16. The fraction of sp³-hybridized carbons (Fsp3) is 0.909. The highest BCUT2D eigenvalue weighted by Gasteiger charge is 2.67. The first-order valence-electron chi connectivity index (χ1n) is 10.5. The molecule has 0 aliphatic heterocycles. The zero-order chi connectivity index (χ0) is 18.8. The molecule has 0 heterocycles. The van der Waals surface area contributed by atoms with Gasteiger partial charge in [0.15, 0.2) is 0 Å². The number of aldehydes is 1. The first-order valence-corrected chi connectivity index (χ1v) is 10.5. The standard InChI is InChI=1S/C22H34O4/c1-15(24)26-14-22(25)12-21-10-7-17-19(2,13-23)8-4-9-20(17,3)18(21)6-5-16(22)11-21/h13,16-18,25H,4-12,14H2,1-3H3/t16-,17+,18-,19-,20+,21-,22+/m0/s1. The molecule has 146 valence electrons. The topological polar surface area (TPSA) is 63.6 Å². The molecule has 1 spiro atoms. The van der Waals surface area contributed by atoms with E-state index in [0.717, 1.165) is 51.4 Å². The van der Waals surface area contributed by atoms with Gasteiger partial charge in [0.2, 0.25) is 0 Å². The van der Waals surface area contributed by atoms with Gasteiger partial charge in [-0.1, -0.05) is 20.3 Å². The maximum absolute atomic E-state index is 12.0. The minimum atomic E-state index is -0.855. The molecule has 26 heavy (non-hydrogen) atoms. The molecule has 4 saturated carbocycles. The summed E-state index contributed by atoms with van der Waals surface area (Å²) in [5.74, 6) is 0.990. The predicted octanol–water partition coefficient (Wildman–Crippen LogP) is 3.89. The van der Waals surface area contributed by atoms with Crippen molar-refractivity contribution >= 4 is 12.3 Å². The van der Waals surface area contributed by atoms with E-state index in [-0.39, 0.29) is 34.7 Å². The van der Waals surface area contributed by atoms with Crippen LogP contribution in [0.5, 0.6) is 0 Å². The molecule has 0 unspecified atom stereocenters. The summed E-state index contributed by atoms with van der Waals surface area (Å²) in [6, 6.07) is 0. The third-order valence-corrected chi connectivity index (χ3v) is 9.16. The number of fused-ring (bicyclic) bond motifs is 3. The average molecular weight is 363 g/mol. The molecule has 2 bridgehead atoms. The van der Waals surface area contributed by atoms with Gasteiger partial charge in [-0.2, -0.15) is 0 Å². The lowest BCUT2D eigenvalue weighted by Crippen LogP contribution is -2.56. The fourth-order valence-corrected chi connectivity index (χ4v) is 8.21. The summed E-state index contributed by atoms with van der Waals surface area (Å²) in [5.41, 5.74) is -0.668. The second-order valence-electron chi connectivity index (χ2n) is 10.5. The number of esters is 1. The normalized spacial score (nSPS) is 52.7. The molecule has 0 amide bonds. The van der Waals surface area contributed by atoms with Gasteiger partial charge in [0.25, 0.3) is 0 Å². The Hall–Kier alpha value is -0.900. The van der Waals surface area contributed by atoms with Crippen LogP contribution in [0.25, 0.3) is 0 Å². The van der Waals surface area contributed by atoms with E-state index >= 15 is 0 Å². The highest BCUT2D eigenvalue weighted by molar-refractivity contribution is 5.66. The van der Waals surface area contributed by atoms with Gasteiger partial charge in [0.1, 0.15) is 18.5 Å². The molecule has 0 aromatic rings. The number of carbonyl (C=O) groups excluding carboxylic acids is 2. The average Bonchev–Trinajstić information content (AvgIpc) is 2.79. The highest BCUT2D eigenvalue weighted by Crippen LogP contribution is 2.72. The summed E-state index contributed by atoms with van der Waals surface area (Å²) < 4.78 is 5.26. The molecule has 7 atom stereocenters. The van der Waals surface area contributed by atoms with E-state index in [0.29, 0.717) is 11.8 Å². The Morgan fingerprint density at radius 2 is 1.92 bits per heavy atom. The van der Waals surface area contributed by atoms with Gasteiger partial charge < -0.3 is 14.6 Å². The molecule has 4 heteroatoms. The summed E-state index contributed by atoms with van der Waals surface area (Å²) in [4.78, 5) is 23.3. The van der Waals surface area contributed by atoms with E-state index in [2.05, 4.69) is 13.8 Å². The summed E-state index contributed by atoms with van der Waals surface area (Å²) in [6.45, 7) is 6.18. The molecular formula is C22H34O4. The maximum atomic E-state index is 12.0. The molecule has 4 rings (SSSR count). The zero-order valence-electron chi connectivity index (χ0n) is 16.6. The molecule has 4 aliphatic rings. The van der Waals surface area contributed by atoms with Crippen molar-refractivity contribution in [2.75, 3.05) is 6.61 Å². The molecule has 4 aliphatic carbocycles. The van der Waals surface area contributed by atoms with Crippen molar-refractivity contribution in [2.45, 2.75) is 84.2 Å². The highest BCUT2D eigenvalue weighted by atomic mass is 16.5. The Morgan fingerprint density at radius 1 is 1.15 bits per heavy atom. The van der Waals surface area contributed by atoms with Crippen LogP contribution in [0.2, 0.25) is 0 Å². The third kappa shape index (κ3) is 2.43. The first kappa shape index (κ1) is 18.5. The van der Waals surface area contributed by atoms with Crippen molar-refractivity contribution < 1.29 is 19.4 Å². The quantitative estimate of drug-likeness (QED) is 0.611. The van der Waals surface area contributed by atoms with Crippen LogP contribution in [-0.4, -0.2) is 29.6 Å². The van der Waals surface area contributed by atoms with Gasteiger partial charge in [-0.05, 0) is 80.0 Å². The Labute approximate surface area is 157 Å². The smallest absolute Gasteiger partial charge is 0.302 e. The van der Waals surface area contributed by atoms with Crippen molar-refractivity contribution in [2.24, 2.45) is 34.0 Å². The van der Waals surface area contributed by atoms with Crippen LogP contribution in [0, 0.1) is 34.0 Å². The second-order valence-corrected chi connectivity index (χ2v) is 10.5. The SMILES string of the molecule is CC(=O)OC[C@]1(O)C[C@@]23CC[C@H]4[C@@](C)(CCC[C@@]4(C)C=O)[C@@H]2CC[C@H]1C3. The van der Waals surface area contributed by atoms with Crippen LogP contribution < -0.4 is 0 Å². The number of carbonyl (C=O) groups is 2. The molecule has 1 N–H and O–H groups in total. The lowest BCUT2D eigenvalue weighted by atomic mass is 9.41. The number of ether oxygens (including phenoxy) is 1. The molecule has 4 nitrogen and oxygen atoms in total. The van der Waals surface area contributed by atoms with Gasteiger partial charge in [-0.25, -0.2) is 0 Å². The Morgan fingerprint density at radius 3 is 2.62 bits per heavy atom. The van der Waals surface area contributed by atoms with Crippen LogP contribution in [-0.2, 0) is 14.3 Å². The molecule has 0 aromatic carbocycles. The van der Waals surface area contributed by atoms with Gasteiger partial charge >= 0.3 is 5.97 Å². The number of rotatable bonds is 3. The van der Waals surface area contributed by atoms with Crippen molar-refractivity contribution in [3.63, 3.8) is 0 Å². The van der Waals surface area contributed by atoms with E-state index in [1.165, 1.54) is 19.6 Å². The first-order chi connectivity index (χ1) is 12.2. The van der Waals surface area contributed by atoms with Crippen LogP contribution >= 0.6 is 0 Å². The lowest BCUT2D eigenvalue weighted by molar-refractivity contribution is -0.158. The molecule has 0 saturated heterocycles. The number of hydrogen-bond donors (Lipinski definition) is 1. The summed E-state index contributed by atoms with van der Waals surface area (Å²) in [5, 5.41) is 11.3. The molecule has 0 radical (unpaired) electrons. The van der Waals surface area contributed by atoms with Crippen LogP contribution in [0.15, 0.2) is 0 Å². The predicted molar refractivity (Wildman–Crippen MR) is 98.3 cm³/mol. The Balaban J connectivity index is 1.64. The molecular weight excluding hydrogens is 328 g/mol. The van der Waals surface area contributed by atoms with Crippen molar-refractivity contribution in [3.8, 4) is 0 Å². The van der Waals surface area contributed by atoms with E-state index in [9.17, 15) is 14.7 Å². The van der Waals surface area contributed by atoms with Crippen LogP contribution in [0.4, 0.5) is 0 Å². The van der Waals surface area contributed by atoms with Crippen molar-refractivity contribution in [1.29, 1.82) is 0 Å². The van der Waals surface area contributed by atoms with Crippen molar-refractivity contribution in [3.05, 3.63) is 0 Å². The lowest BCUT2D eigenvalue weighted by Gasteiger charge is -2.63. The van der Waals surface area contributed by atoms with Crippen molar-refractivity contribution in [1.82, 2.24) is 0 Å². The van der Waals surface area contributed by atoms with E-state index in [4.69, 9.17) is 4.74 Å². The Bertz CT molecular complexity index is 617. The number of aliphatic hydroxyl groups is 1. The van der Waals surface area contributed by atoms with E-state index < -0.39 is 5.60 Å². The van der Waals surface area contributed by atoms with Gasteiger partial charge in [-0.15, -0.1) is 0 Å². The largest absolute Gasteiger partial charge is 0.463 e. The summed E-state index contributed by atoms with van der Waals surface area (Å²) in [7, 11) is 0. The molecule has 4 fully saturated rings. The Kier molecular flexibility index (Phi) is 4.12. The second kappa shape index (κ2) is 5.80. The van der Waals surface area contributed by atoms with Gasteiger partial charge in [0.05, 0.1) is 0 Å². The minimum Gasteiger partial charge on any atom is -0.463 e. The van der Waals surface area contributed by atoms with Gasteiger partial charge in [0, 0.05) is 12.3 Å².